The molecule has 4 heteroatoms. The molecule has 0 saturated heterocycles. The number of nitrogens with one attached hydrogen (secondary N) is 1. The smallest absolute Gasteiger partial charge is 0.231 e. The molecule has 0 aliphatic carbocycles. The van der Waals surface area contributed by atoms with Crippen LogP contribution in [0, 0.1) is 12.3 Å². The summed E-state index contributed by atoms with van der Waals surface area (Å²) >= 11 is 0. The van der Waals surface area contributed by atoms with E-state index in [1.807, 2.05) is 45.0 Å². The fourth-order valence-electron chi connectivity index (χ4n) is 2.09. The van der Waals surface area contributed by atoms with Crippen LogP contribution in [-0.2, 0) is 4.79 Å². The Morgan fingerprint density at radius 1 is 1.40 bits per heavy atom. The average Bonchev–Trinajstić information content (AvgIpc) is 2.49. The zero-order valence-electron chi connectivity index (χ0n) is 12.2. The number of rotatable bonds is 4. The van der Waals surface area contributed by atoms with Gasteiger partial charge in [0.2, 0.25) is 5.91 Å². The Hall–Kier alpha value is -1.94. The second-order valence-electron chi connectivity index (χ2n) is 5.40. The number of anilines is 1. The van der Waals surface area contributed by atoms with Crippen molar-refractivity contribution < 1.29 is 4.79 Å². The molecule has 106 valence electrons. The Balaban J connectivity index is 2.40. The second kappa shape index (κ2) is 5.59. The zero-order valence-corrected chi connectivity index (χ0v) is 12.2. The van der Waals surface area contributed by atoms with E-state index in [1.165, 1.54) is 0 Å². The highest BCUT2D eigenvalue weighted by Gasteiger charge is 2.29. The number of fused-ring (bicyclic) bond motifs is 1. The molecule has 1 unspecified atom stereocenters. The maximum absolute atomic E-state index is 12.4. The number of pyridine rings is 1. The van der Waals surface area contributed by atoms with E-state index in [1.54, 1.807) is 6.20 Å². The first kappa shape index (κ1) is 14.5. The summed E-state index contributed by atoms with van der Waals surface area (Å²) in [4.78, 5) is 16.8. The van der Waals surface area contributed by atoms with E-state index >= 15 is 0 Å². The van der Waals surface area contributed by atoms with Crippen LogP contribution in [0.4, 0.5) is 5.69 Å². The molecule has 4 nitrogen and oxygen atoms in total. The average molecular weight is 271 g/mol. The molecule has 0 aliphatic rings. The lowest BCUT2D eigenvalue weighted by atomic mass is 9.86. The highest BCUT2D eigenvalue weighted by molar-refractivity contribution is 6.03. The van der Waals surface area contributed by atoms with Gasteiger partial charge in [0.05, 0.1) is 16.6 Å². The summed E-state index contributed by atoms with van der Waals surface area (Å²) in [5, 5.41) is 3.95. The van der Waals surface area contributed by atoms with E-state index in [-0.39, 0.29) is 5.91 Å². The summed E-state index contributed by atoms with van der Waals surface area (Å²) in [6.07, 6.45) is 2.47. The number of aromatic nitrogens is 1. The molecule has 0 saturated carbocycles. The third kappa shape index (κ3) is 2.51. The number of benzene rings is 1. The minimum Gasteiger partial charge on any atom is -0.329 e. The fourth-order valence-corrected chi connectivity index (χ4v) is 2.09. The Morgan fingerprint density at radius 3 is 2.80 bits per heavy atom. The number of amides is 1. The van der Waals surface area contributed by atoms with Crippen molar-refractivity contribution >= 4 is 22.5 Å². The van der Waals surface area contributed by atoms with Crippen LogP contribution in [0.5, 0.6) is 0 Å². The molecule has 20 heavy (non-hydrogen) atoms. The number of hydrogen-bond acceptors (Lipinski definition) is 3. The molecule has 1 heterocycles. The third-order valence-corrected chi connectivity index (χ3v) is 4.00. The standard InChI is InChI=1S/C16H21N3O/c1-4-16(3,10-17)15(20)19-13-8-7-11(2)14-12(13)6-5-9-18-14/h5-9H,4,10,17H2,1-3H3,(H,19,20). The maximum atomic E-state index is 12.4. The number of nitrogens with zero attached hydrogens (tertiary/aromatic N) is 1. The molecule has 2 aromatic rings. The number of hydrogen-bond donors (Lipinski definition) is 2. The third-order valence-electron chi connectivity index (χ3n) is 4.00. The van der Waals surface area contributed by atoms with Crippen molar-refractivity contribution in [3.05, 3.63) is 36.0 Å². The molecular formula is C16H21N3O. The lowest BCUT2D eigenvalue weighted by molar-refractivity contribution is -0.124. The minimum atomic E-state index is -0.542. The molecule has 0 spiro atoms. The molecule has 0 radical (unpaired) electrons. The van der Waals surface area contributed by atoms with Crippen LogP contribution in [-0.4, -0.2) is 17.4 Å². The Kier molecular flexibility index (Phi) is 4.04. The maximum Gasteiger partial charge on any atom is 0.231 e. The summed E-state index contributed by atoms with van der Waals surface area (Å²) in [5.41, 5.74) is 7.99. The molecule has 3 N–H and O–H groups in total. The number of aryl methyl sites for hydroxylation is 1. The van der Waals surface area contributed by atoms with Gasteiger partial charge in [-0.1, -0.05) is 13.0 Å². The molecule has 1 aromatic heterocycles. The first-order valence-corrected chi connectivity index (χ1v) is 6.87. The van der Waals surface area contributed by atoms with Gasteiger partial charge in [-0.15, -0.1) is 0 Å². The van der Waals surface area contributed by atoms with Gasteiger partial charge < -0.3 is 11.1 Å². The molecule has 1 aromatic carbocycles. The van der Waals surface area contributed by atoms with E-state index in [0.717, 1.165) is 22.2 Å². The molecule has 0 bridgehead atoms. The predicted octanol–water partition coefficient (Wildman–Crippen LogP) is 2.86. The van der Waals surface area contributed by atoms with Crippen molar-refractivity contribution in [2.75, 3.05) is 11.9 Å². The van der Waals surface area contributed by atoms with Crippen molar-refractivity contribution in [3.63, 3.8) is 0 Å². The van der Waals surface area contributed by atoms with E-state index in [0.29, 0.717) is 13.0 Å². The second-order valence-corrected chi connectivity index (χ2v) is 5.40. The highest BCUT2D eigenvalue weighted by atomic mass is 16.2. The Labute approximate surface area is 119 Å². The van der Waals surface area contributed by atoms with Crippen LogP contribution in [0.1, 0.15) is 25.8 Å². The van der Waals surface area contributed by atoms with E-state index in [4.69, 9.17) is 5.73 Å². The summed E-state index contributed by atoms with van der Waals surface area (Å²) in [5.74, 6) is -0.0449. The van der Waals surface area contributed by atoms with Crippen LogP contribution in [0.3, 0.4) is 0 Å². The van der Waals surface area contributed by atoms with Gasteiger partial charge in [-0.05, 0) is 44.0 Å². The van der Waals surface area contributed by atoms with Crippen molar-refractivity contribution in [3.8, 4) is 0 Å². The first-order chi connectivity index (χ1) is 9.51. The first-order valence-electron chi connectivity index (χ1n) is 6.87. The van der Waals surface area contributed by atoms with Crippen molar-refractivity contribution in [1.82, 2.24) is 4.98 Å². The molecular weight excluding hydrogens is 250 g/mol. The summed E-state index contributed by atoms with van der Waals surface area (Å²) < 4.78 is 0. The number of nitrogens with two attached hydrogens (primary N) is 1. The highest BCUT2D eigenvalue weighted by Crippen LogP contribution is 2.27. The Bertz CT molecular complexity index is 633. The SMILES string of the molecule is CCC(C)(CN)C(=O)Nc1ccc(C)c2ncccc12. The van der Waals surface area contributed by atoms with Gasteiger partial charge in [0.25, 0.3) is 0 Å². The molecule has 1 amide bonds. The van der Waals surface area contributed by atoms with Crippen molar-refractivity contribution in [2.45, 2.75) is 27.2 Å². The van der Waals surface area contributed by atoms with Gasteiger partial charge in [0.15, 0.2) is 0 Å². The van der Waals surface area contributed by atoms with E-state index in [2.05, 4.69) is 10.3 Å². The minimum absolute atomic E-state index is 0.0449. The largest absolute Gasteiger partial charge is 0.329 e. The quantitative estimate of drug-likeness (QED) is 0.898. The molecule has 0 aliphatic heterocycles. The molecule has 2 rings (SSSR count). The zero-order chi connectivity index (χ0) is 14.8. The summed E-state index contributed by atoms with van der Waals surface area (Å²) in [6, 6.07) is 7.73. The Morgan fingerprint density at radius 2 is 2.15 bits per heavy atom. The normalized spacial score (nSPS) is 14.0. The van der Waals surface area contributed by atoms with Gasteiger partial charge in [-0.2, -0.15) is 0 Å². The number of carbonyl (C=O) groups is 1. The van der Waals surface area contributed by atoms with Crippen LogP contribution in [0.2, 0.25) is 0 Å². The van der Waals surface area contributed by atoms with Crippen LogP contribution >= 0.6 is 0 Å². The lowest BCUT2D eigenvalue weighted by Gasteiger charge is -2.25. The van der Waals surface area contributed by atoms with E-state index < -0.39 is 5.41 Å². The molecule has 0 fully saturated rings. The molecule has 1 atom stereocenters. The van der Waals surface area contributed by atoms with Crippen molar-refractivity contribution in [1.29, 1.82) is 0 Å². The van der Waals surface area contributed by atoms with E-state index in [9.17, 15) is 4.79 Å². The van der Waals surface area contributed by atoms with Crippen molar-refractivity contribution in [2.24, 2.45) is 11.1 Å². The topological polar surface area (TPSA) is 68.0 Å². The van der Waals surface area contributed by atoms with Crippen LogP contribution in [0.25, 0.3) is 10.9 Å². The van der Waals surface area contributed by atoms with Gasteiger partial charge in [-0.25, -0.2) is 0 Å². The van der Waals surface area contributed by atoms with Gasteiger partial charge in [0, 0.05) is 18.1 Å². The van der Waals surface area contributed by atoms with Crippen LogP contribution in [0.15, 0.2) is 30.5 Å². The predicted molar refractivity (Wildman–Crippen MR) is 82.6 cm³/mol. The monoisotopic (exact) mass is 271 g/mol. The van der Waals surface area contributed by atoms with Gasteiger partial charge in [0.1, 0.15) is 0 Å². The summed E-state index contributed by atoms with van der Waals surface area (Å²) in [6.45, 7) is 6.20. The van der Waals surface area contributed by atoms with Gasteiger partial charge in [-0.3, -0.25) is 9.78 Å². The lowest BCUT2D eigenvalue weighted by Crippen LogP contribution is -2.39. The fraction of sp³-hybridized carbons (Fsp3) is 0.375. The van der Waals surface area contributed by atoms with Crippen LogP contribution < -0.4 is 11.1 Å². The summed E-state index contributed by atoms with van der Waals surface area (Å²) in [7, 11) is 0. The number of carbonyl (C=O) groups excluding carboxylic acids is 1. The van der Waals surface area contributed by atoms with Gasteiger partial charge >= 0.3 is 0 Å².